The van der Waals surface area contributed by atoms with Crippen LogP contribution in [-0.2, 0) is 19.4 Å². The van der Waals surface area contributed by atoms with E-state index in [0.717, 1.165) is 52.6 Å². The topological polar surface area (TPSA) is 77.5 Å². The molecule has 1 N–H and O–H groups in total. The predicted molar refractivity (Wildman–Crippen MR) is 110 cm³/mol. The summed E-state index contributed by atoms with van der Waals surface area (Å²) in [4.78, 5) is 16.7. The summed E-state index contributed by atoms with van der Waals surface area (Å²) in [5.74, 6) is 1.43. The van der Waals surface area contributed by atoms with Gasteiger partial charge in [0.15, 0.2) is 0 Å². The highest BCUT2D eigenvalue weighted by atomic mass is 16.5. The van der Waals surface area contributed by atoms with Gasteiger partial charge in [-0.2, -0.15) is 0 Å². The fourth-order valence-electron chi connectivity index (χ4n) is 4.24. The maximum absolute atomic E-state index is 12.2. The third-order valence-electron chi connectivity index (χ3n) is 5.63. The molecule has 1 atom stereocenters. The average Bonchev–Trinajstić information content (AvgIpc) is 3.32. The molecule has 0 spiro atoms. The molecule has 0 saturated carbocycles. The van der Waals surface area contributed by atoms with Crippen molar-refractivity contribution >= 4 is 22.0 Å². The van der Waals surface area contributed by atoms with Gasteiger partial charge < -0.3 is 18.8 Å². The molecule has 5 rings (SSSR count). The van der Waals surface area contributed by atoms with Crippen molar-refractivity contribution in [1.29, 1.82) is 0 Å². The number of imidazole rings is 1. The van der Waals surface area contributed by atoms with Crippen LogP contribution in [0.25, 0.3) is 22.0 Å². The molecule has 4 aromatic rings. The van der Waals surface area contributed by atoms with Gasteiger partial charge in [-0.05, 0) is 56.0 Å². The first kappa shape index (κ1) is 17.9. The number of aliphatic hydroxyl groups is 1. The highest BCUT2D eigenvalue weighted by Gasteiger charge is 2.20. The fraction of sp³-hybridized carbons (Fsp3) is 0.304. The summed E-state index contributed by atoms with van der Waals surface area (Å²) in [6.45, 7) is 2.45. The minimum Gasteiger partial charge on any atom is -0.491 e. The van der Waals surface area contributed by atoms with Gasteiger partial charge in [0.25, 0.3) is 0 Å². The van der Waals surface area contributed by atoms with Crippen LogP contribution >= 0.6 is 0 Å². The van der Waals surface area contributed by atoms with Crippen LogP contribution < -0.4 is 10.4 Å². The van der Waals surface area contributed by atoms with Gasteiger partial charge in [-0.15, -0.1) is 0 Å². The van der Waals surface area contributed by atoms with E-state index in [-0.39, 0.29) is 12.2 Å². The number of aliphatic hydroxyl groups excluding tert-OH is 1. The molecule has 1 aliphatic carbocycles. The zero-order valence-corrected chi connectivity index (χ0v) is 16.2. The summed E-state index contributed by atoms with van der Waals surface area (Å²) in [5.41, 5.74) is 4.11. The summed E-state index contributed by atoms with van der Waals surface area (Å²) in [6.07, 6.45) is 2.00. The van der Waals surface area contributed by atoms with E-state index in [1.807, 2.05) is 47.9 Å². The number of fused-ring (bicyclic) bond motifs is 4. The number of benzene rings is 2. The van der Waals surface area contributed by atoms with Crippen LogP contribution in [-0.4, -0.2) is 27.4 Å². The average molecular weight is 390 g/mol. The Morgan fingerprint density at radius 1 is 1.21 bits per heavy atom. The second-order valence-corrected chi connectivity index (χ2v) is 7.58. The number of ether oxygens (including phenoxy) is 1. The van der Waals surface area contributed by atoms with Crippen molar-refractivity contribution < 1.29 is 14.3 Å². The van der Waals surface area contributed by atoms with E-state index in [9.17, 15) is 9.90 Å². The molecule has 0 radical (unpaired) electrons. The zero-order valence-electron chi connectivity index (χ0n) is 16.2. The Balaban J connectivity index is 1.33. The molecule has 6 heteroatoms. The van der Waals surface area contributed by atoms with Crippen molar-refractivity contribution in [2.75, 3.05) is 6.61 Å². The maximum Gasteiger partial charge on any atom is 0.339 e. The number of aryl methyl sites for hydroxylation is 2. The van der Waals surface area contributed by atoms with Crippen LogP contribution in [0.4, 0.5) is 0 Å². The molecule has 2 heterocycles. The molecule has 0 aliphatic heterocycles. The van der Waals surface area contributed by atoms with Gasteiger partial charge in [-0.25, -0.2) is 9.78 Å². The lowest BCUT2D eigenvalue weighted by Crippen LogP contribution is -2.24. The third kappa shape index (κ3) is 3.19. The Hall–Kier alpha value is -3.12. The van der Waals surface area contributed by atoms with Crippen LogP contribution in [0.5, 0.6) is 5.75 Å². The van der Waals surface area contributed by atoms with Crippen molar-refractivity contribution in [3.8, 4) is 5.75 Å². The van der Waals surface area contributed by atoms with Gasteiger partial charge in [0.2, 0.25) is 0 Å². The summed E-state index contributed by atoms with van der Waals surface area (Å²) < 4.78 is 13.3. The lowest BCUT2D eigenvalue weighted by Gasteiger charge is -2.15. The third-order valence-corrected chi connectivity index (χ3v) is 5.63. The SMILES string of the molecule is Cc1nc2ccccc2n1C[C@H](O)COc1ccc2c3c(c(=O)oc2c1)CCC3. The summed E-state index contributed by atoms with van der Waals surface area (Å²) in [5, 5.41) is 11.5. The number of hydrogen-bond acceptors (Lipinski definition) is 5. The highest BCUT2D eigenvalue weighted by molar-refractivity contribution is 5.83. The van der Waals surface area contributed by atoms with Gasteiger partial charge in [0, 0.05) is 17.0 Å². The standard InChI is InChI=1S/C23H22N2O4/c1-14-24-20-7-2-3-8-21(20)25(14)12-15(26)13-28-16-9-10-18-17-5-4-6-19(17)23(27)29-22(18)11-16/h2-3,7-11,15,26H,4-6,12-13H2,1H3/t15-/m0/s1. The molecule has 148 valence electrons. The first-order valence-corrected chi connectivity index (χ1v) is 9.91. The van der Waals surface area contributed by atoms with Gasteiger partial charge in [0.05, 0.1) is 17.6 Å². The van der Waals surface area contributed by atoms with E-state index in [1.165, 1.54) is 0 Å². The van der Waals surface area contributed by atoms with Crippen molar-refractivity contribution in [3.63, 3.8) is 0 Å². The number of aromatic nitrogens is 2. The lowest BCUT2D eigenvalue weighted by atomic mass is 10.1. The Morgan fingerprint density at radius 2 is 2.03 bits per heavy atom. The number of hydrogen-bond donors (Lipinski definition) is 1. The van der Waals surface area contributed by atoms with Crippen LogP contribution in [0.2, 0.25) is 0 Å². The molecule has 0 unspecified atom stereocenters. The Labute approximate surface area is 167 Å². The molecule has 0 amide bonds. The van der Waals surface area contributed by atoms with E-state index >= 15 is 0 Å². The van der Waals surface area contributed by atoms with E-state index in [1.54, 1.807) is 6.07 Å². The van der Waals surface area contributed by atoms with Crippen LogP contribution in [0.3, 0.4) is 0 Å². The van der Waals surface area contributed by atoms with Gasteiger partial charge in [0.1, 0.15) is 29.9 Å². The first-order chi connectivity index (χ1) is 14.1. The maximum atomic E-state index is 12.2. The normalized spacial score (nSPS) is 14.4. The van der Waals surface area contributed by atoms with E-state index < -0.39 is 6.10 Å². The zero-order chi connectivity index (χ0) is 20.0. The Bertz CT molecular complexity index is 1270. The minimum atomic E-state index is -0.700. The van der Waals surface area contributed by atoms with Crippen molar-refractivity contribution in [2.24, 2.45) is 0 Å². The Morgan fingerprint density at radius 3 is 2.93 bits per heavy atom. The number of nitrogens with zero attached hydrogens (tertiary/aromatic N) is 2. The van der Waals surface area contributed by atoms with Crippen molar-refractivity contribution in [3.05, 3.63) is 69.8 Å². The molecule has 0 fully saturated rings. The smallest absolute Gasteiger partial charge is 0.339 e. The number of rotatable bonds is 5. The largest absolute Gasteiger partial charge is 0.491 e. The van der Waals surface area contributed by atoms with E-state index in [4.69, 9.17) is 9.15 Å². The fourth-order valence-corrected chi connectivity index (χ4v) is 4.24. The molecular formula is C23H22N2O4. The van der Waals surface area contributed by atoms with Crippen LogP contribution in [0.1, 0.15) is 23.4 Å². The van der Waals surface area contributed by atoms with E-state index in [0.29, 0.717) is 17.9 Å². The molecule has 2 aromatic heterocycles. The number of para-hydroxylation sites is 2. The molecule has 0 saturated heterocycles. The summed E-state index contributed by atoms with van der Waals surface area (Å²) >= 11 is 0. The minimum absolute atomic E-state index is 0.132. The summed E-state index contributed by atoms with van der Waals surface area (Å²) in [7, 11) is 0. The van der Waals surface area contributed by atoms with Gasteiger partial charge in [-0.3, -0.25) is 0 Å². The monoisotopic (exact) mass is 390 g/mol. The second kappa shape index (κ2) is 7.04. The highest BCUT2D eigenvalue weighted by Crippen LogP contribution is 2.29. The van der Waals surface area contributed by atoms with Gasteiger partial charge >= 0.3 is 5.63 Å². The molecule has 1 aliphatic rings. The van der Waals surface area contributed by atoms with E-state index in [2.05, 4.69) is 4.98 Å². The van der Waals surface area contributed by atoms with Gasteiger partial charge in [-0.1, -0.05) is 12.1 Å². The Kier molecular flexibility index (Phi) is 4.36. The molecule has 2 aromatic carbocycles. The van der Waals surface area contributed by atoms with Crippen molar-refractivity contribution in [2.45, 2.75) is 38.8 Å². The van der Waals surface area contributed by atoms with Crippen molar-refractivity contribution in [1.82, 2.24) is 9.55 Å². The predicted octanol–water partition coefficient (Wildman–Crippen LogP) is 3.38. The van der Waals surface area contributed by atoms with Crippen LogP contribution in [0.15, 0.2) is 51.7 Å². The molecule has 6 nitrogen and oxygen atoms in total. The lowest BCUT2D eigenvalue weighted by molar-refractivity contribution is 0.0929. The molecule has 29 heavy (non-hydrogen) atoms. The summed E-state index contributed by atoms with van der Waals surface area (Å²) in [6, 6.07) is 13.4. The molecule has 0 bridgehead atoms. The second-order valence-electron chi connectivity index (χ2n) is 7.58. The quantitative estimate of drug-likeness (QED) is 0.529. The first-order valence-electron chi connectivity index (χ1n) is 9.91. The van der Waals surface area contributed by atoms with Crippen LogP contribution in [0, 0.1) is 6.92 Å². The molecular weight excluding hydrogens is 368 g/mol.